The standard InChI is InChI=1S/C15H20OSi/c1-5-9-14-12(2)15(16-17(14,3)4)13-10-7-6-8-11-13/h5-12,15H,1H2,2-4H3/b14-9-/t12-,15+/m1/s1. The number of rotatable bonds is 2. The van der Waals surface area contributed by atoms with E-state index in [1.54, 1.807) is 0 Å². The Hall–Kier alpha value is -1.12. The second-order valence-corrected chi connectivity index (χ2v) is 8.94. The van der Waals surface area contributed by atoms with Crippen molar-refractivity contribution in [1.29, 1.82) is 0 Å². The molecule has 0 bridgehead atoms. The molecule has 0 aliphatic carbocycles. The van der Waals surface area contributed by atoms with E-state index < -0.39 is 8.32 Å². The maximum absolute atomic E-state index is 6.34. The summed E-state index contributed by atoms with van der Waals surface area (Å²) in [5.74, 6) is 0.456. The molecule has 2 atom stereocenters. The average molecular weight is 244 g/mol. The Bertz CT molecular complexity index is 433. The first-order valence-electron chi connectivity index (χ1n) is 6.12. The van der Waals surface area contributed by atoms with Gasteiger partial charge in [0, 0.05) is 5.92 Å². The Kier molecular flexibility index (Phi) is 3.36. The van der Waals surface area contributed by atoms with Gasteiger partial charge < -0.3 is 4.43 Å². The first-order chi connectivity index (χ1) is 8.06. The Morgan fingerprint density at radius 3 is 2.47 bits per heavy atom. The zero-order valence-electron chi connectivity index (χ0n) is 10.8. The molecule has 1 aliphatic heterocycles. The highest BCUT2D eigenvalue weighted by atomic mass is 28.4. The molecule has 2 heteroatoms. The summed E-state index contributed by atoms with van der Waals surface area (Å²) >= 11 is 0. The predicted octanol–water partition coefficient (Wildman–Crippen LogP) is 4.25. The molecule has 17 heavy (non-hydrogen) atoms. The summed E-state index contributed by atoms with van der Waals surface area (Å²) in [5, 5.41) is 1.46. The van der Waals surface area contributed by atoms with Crippen molar-refractivity contribution in [3.8, 4) is 0 Å². The van der Waals surface area contributed by atoms with Gasteiger partial charge in [-0.3, -0.25) is 0 Å². The zero-order valence-corrected chi connectivity index (χ0v) is 11.8. The molecule has 1 aromatic carbocycles. The van der Waals surface area contributed by atoms with Crippen molar-refractivity contribution in [3.05, 3.63) is 59.8 Å². The molecule has 0 amide bonds. The molecule has 1 heterocycles. The minimum Gasteiger partial charge on any atom is -0.406 e. The van der Waals surface area contributed by atoms with E-state index in [0.717, 1.165) is 0 Å². The average Bonchev–Trinajstić information content (AvgIpc) is 2.54. The molecule has 1 fully saturated rings. The normalized spacial score (nSPS) is 29.5. The number of allylic oxidation sites excluding steroid dienone is 2. The first-order valence-corrected chi connectivity index (χ1v) is 9.03. The number of hydrogen-bond donors (Lipinski definition) is 0. The Morgan fingerprint density at radius 1 is 1.24 bits per heavy atom. The van der Waals surface area contributed by atoms with Crippen molar-refractivity contribution in [2.75, 3.05) is 0 Å². The summed E-state index contributed by atoms with van der Waals surface area (Å²) < 4.78 is 6.34. The van der Waals surface area contributed by atoms with E-state index in [1.807, 2.05) is 12.1 Å². The molecule has 0 unspecified atom stereocenters. The van der Waals surface area contributed by atoms with E-state index in [1.165, 1.54) is 10.8 Å². The molecule has 1 aliphatic rings. The van der Waals surface area contributed by atoms with Gasteiger partial charge >= 0.3 is 0 Å². The summed E-state index contributed by atoms with van der Waals surface area (Å²) in [4.78, 5) is 0. The minimum atomic E-state index is -1.71. The summed E-state index contributed by atoms with van der Waals surface area (Å²) in [6.45, 7) is 10.6. The van der Waals surface area contributed by atoms with Crippen LogP contribution >= 0.6 is 0 Å². The fourth-order valence-electron chi connectivity index (χ4n) is 2.68. The third kappa shape index (κ3) is 2.28. The van der Waals surface area contributed by atoms with E-state index in [4.69, 9.17) is 4.43 Å². The molecule has 1 nitrogen and oxygen atoms in total. The van der Waals surface area contributed by atoms with Crippen molar-refractivity contribution in [2.24, 2.45) is 5.92 Å². The molecule has 1 saturated heterocycles. The lowest BCUT2D eigenvalue weighted by molar-refractivity contribution is 0.192. The lowest BCUT2D eigenvalue weighted by Gasteiger charge is -2.18. The van der Waals surface area contributed by atoms with Crippen molar-refractivity contribution in [2.45, 2.75) is 26.1 Å². The van der Waals surface area contributed by atoms with Crippen LogP contribution in [0.2, 0.25) is 13.1 Å². The molecular formula is C15H20OSi. The van der Waals surface area contributed by atoms with Gasteiger partial charge in [0.1, 0.15) is 0 Å². The Morgan fingerprint density at radius 2 is 1.88 bits per heavy atom. The highest BCUT2D eigenvalue weighted by Gasteiger charge is 2.44. The van der Waals surface area contributed by atoms with E-state index in [-0.39, 0.29) is 6.10 Å². The molecular weight excluding hydrogens is 224 g/mol. The third-order valence-electron chi connectivity index (χ3n) is 3.49. The van der Waals surface area contributed by atoms with Gasteiger partial charge in [-0.2, -0.15) is 0 Å². The van der Waals surface area contributed by atoms with Gasteiger partial charge in [-0.05, 0) is 23.9 Å². The lowest BCUT2D eigenvalue weighted by atomic mass is 9.97. The number of hydrogen-bond acceptors (Lipinski definition) is 1. The Labute approximate surface area is 105 Å². The SMILES string of the molecule is C=C/C=C1/[C@@H](C)[C@@H](c2ccccc2)O[Si]1(C)C. The fraction of sp³-hybridized carbons (Fsp3) is 0.333. The van der Waals surface area contributed by atoms with Crippen LogP contribution in [0.3, 0.4) is 0 Å². The van der Waals surface area contributed by atoms with Gasteiger partial charge in [0.2, 0.25) is 8.32 Å². The molecule has 0 saturated carbocycles. The smallest absolute Gasteiger partial charge is 0.215 e. The lowest BCUT2D eigenvalue weighted by Crippen LogP contribution is -2.27. The van der Waals surface area contributed by atoms with Gasteiger partial charge in [-0.15, -0.1) is 0 Å². The summed E-state index contributed by atoms with van der Waals surface area (Å²) in [5.41, 5.74) is 1.29. The topological polar surface area (TPSA) is 9.23 Å². The van der Waals surface area contributed by atoms with Crippen LogP contribution in [0.15, 0.2) is 54.3 Å². The van der Waals surface area contributed by atoms with Crippen molar-refractivity contribution >= 4 is 8.32 Å². The Balaban J connectivity index is 2.36. The highest BCUT2D eigenvalue weighted by Crippen LogP contribution is 2.45. The van der Waals surface area contributed by atoms with Crippen LogP contribution in [-0.2, 0) is 4.43 Å². The number of benzene rings is 1. The van der Waals surface area contributed by atoms with E-state index in [9.17, 15) is 0 Å². The maximum atomic E-state index is 6.34. The van der Waals surface area contributed by atoms with Crippen LogP contribution in [0.5, 0.6) is 0 Å². The molecule has 0 N–H and O–H groups in total. The van der Waals surface area contributed by atoms with Gasteiger partial charge in [0.25, 0.3) is 0 Å². The second kappa shape index (κ2) is 4.63. The summed E-state index contributed by atoms with van der Waals surface area (Å²) in [7, 11) is -1.71. The van der Waals surface area contributed by atoms with Crippen LogP contribution < -0.4 is 0 Å². The summed E-state index contributed by atoms with van der Waals surface area (Å²) in [6, 6.07) is 10.5. The third-order valence-corrected chi connectivity index (χ3v) is 6.34. The van der Waals surface area contributed by atoms with Crippen LogP contribution in [0.25, 0.3) is 0 Å². The molecule has 0 spiro atoms. The van der Waals surface area contributed by atoms with Crippen LogP contribution in [-0.4, -0.2) is 8.32 Å². The van der Waals surface area contributed by atoms with Crippen molar-refractivity contribution in [1.82, 2.24) is 0 Å². The van der Waals surface area contributed by atoms with Crippen molar-refractivity contribution in [3.63, 3.8) is 0 Å². The first kappa shape index (κ1) is 12.3. The van der Waals surface area contributed by atoms with Gasteiger partial charge in [0.05, 0.1) is 6.10 Å². The zero-order chi connectivity index (χ0) is 12.5. The molecule has 90 valence electrons. The van der Waals surface area contributed by atoms with Crippen molar-refractivity contribution < 1.29 is 4.43 Å². The van der Waals surface area contributed by atoms with E-state index in [2.05, 4.69) is 56.9 Å². The summed E-state index contributed by atoms with van der Waals surface area (Å²) in [6.07, 6.45) is 4.25. The van der Waals surface area contributed by atoms with Gasteiger partial charge in [-0.25, -0.2) is 0 Å². The van der Waals surface area contributed by atoms with Crippen LogP contribution in [0.4, 0.5) is 0 Å². The molecule has 0 radical (unpaired) electrons. The van der Waals surface area contributed by atoms with Gasteiger partial charge in [0.15, 0.2) is 0 Å². The monoisotopic (exact) mass is 244 g/mol. The fourth-order valence-corrected chi connectivity index (χ4v) is 5.56. The largest absolute Gasteiger partial charge is 0.406 e. The van der Waals surface area contributed by atoms with Gasteiger partial charge in [-0.1, -0.05) is 56.0 Å². The van der Waals surface area contributed by atoms with Crippen LogP contribution in [0.1, 0.15) is 18.6 Å². The molecule has 1 aromatic rings. The van der Waals surface area contributed by atoms with Crippen LogP contribution in [0, 0.1) is 5.92 Å². The van der Waals surface area contributed by atoms with E-state index in [0.29, 0.717) is 5.92 Å². The second-order valence-electron chi connectivity index (χ2n) is 5.11. The highest BCUT2D eigenvalue weighted by molar-refractivity contribution is 6.79. The predicted molar refractivity (Wildman–Crippen MR) is 75.2 cm³/mol. The minimum absolute atomic E-state index is 0.212. The molecule has 2 rings (SSSR count). The maximum Gasteiger partial charge on any atom is 0.215 e. The molecule has 0 aromatic heterocycles. The quantitative estimate of drug-likeness (QED) is 0.707. The van der Waals surface area contributed by atoms with E-state index >= 15 is 0 Å².